The van der Waals surface area contributed by atoms with Crippen LogP contribution < -0.4 is 10.6 Å². The summed E-state index contributed by atoms with van der Waals surface area (Å²) in [7, 11) is 0. The van der Waals surface area contributed by atoms with Crippen LogP contribution in [-0.2, 0) is 13.1 Å². The number of pyridine rings is 1. The molecule has 0 unspecified atom stereocenters. The Hall–Kier alpha value is -3.02. The number of hydrogen-bond donors (Lipinski definition) is 2. The highest BCUT2D eigenvalue weighted by Gasteiger charge is 2.04. The van der Waals surface area contributed by atoms with Gasteiger partial charge in [-0.1, -0.05) is 18.2 Å². The fourth-order valence-corrected chi connectivity index (χ4v) is 2.25. The Morgan fingerprint density at radius 2 is 1.75 bits per heavy atom. The average molecular weight is 323 g/mol. The second-order valence-electron chi connectivity index (χ2n) is 5.37. The summed E-state index contributed by atoms with van der Waals surface area (Å²) in [5, 5.41) is 6.33. The molecular formula is C18H18FN5. The Morgan fingerprint density at radius 3 is 2.54 bits per heavy atom. The molecule has 3 rings (SSSR count). The van der Waals surface area contributed by atoms with Crippen LogP contribution in [0.4, 0.5) is 16.2 Å². The maximum absolute atomic E-state index is 13.7. The van der Waals surface area contributed by atoms with E-state index >= 15 is 0 Å². The van der Waals surface area contributed by atoms with Gasteiger partial charge in [-0.05, 0) is 30.7 Å². The minimum absolute atomic E-state index is 0.230. The maximum atomic E-state index is 13.7. The number of rotatable bonds is 6. The molecule has 0 amide bonds. The molecule has 0 spiro atoms. The molecule has 3 aromatic rings. The largest absolute Gasteiger partial charge is 0.366 e. The number of anilines is 2. The van der Waals surface area contributed by atoms with Crippen LogP contribution in [0, 0.1) is 12.7 Å². The lowest BCUT2D eigenvalue weighted by molar-refractivity contribution is 0.613. The van der Waals surface area contributed by atoms with E-state index in [4.69, 9.17) is 0 Å². The highest BCUT2D eigenvalue weighted by molar-refractivity contribution is 5.43. The molecular weight excluding hydrogens is 305 g/mol. The van der Waals surface area contributed by atoms with E-state index in [0.717, 1.165) is 11.3 Å². The lowest BCUT2D eigenvalue weighted by Crippen LogP contribution is -2.08. The zero-order chi connectivity index (χ0) is 16.8. The molecule has 0 bridgehead atoms. The predicted molar refractivity (Wildman–Crippen MR) is 92.1 cm³/mol. The first-order valence-corrected chi connectivity index (χ1v) is 7.66. The van der Waals surface area contributed by atoms with Gasteiger partial charge in [-0.2, -0.15) is 4.98 Å². The highest BCUT2D eigenvalue weighted by atomic mass is 19.1. The third-order valence-electron chi connectivity index (χ3n) is 3.47. The fraction of sp³-hybridized carbons (Fsp3) is 0.167. The fourth-order valence-electron chi connectivity index (χ4n) is 2.25. The summed E-state index contributed by atoms with van der Waals surface area (Å²) in [5.41, 5.74) is 2.52. The monoisotopic (exact) mass is 323 g/mol. The van der Waals surface area contributed by atoms with Crippen LogP contribution in [0.1, 0.15) is 16.8 Å². The number of benzene rings is 1. The summed E-state index contributed by atoms with van der Waals surface area (Å²) < 4.78 is 13.7. The van der Waals surface area contributed by atoms with Crippen LogP contribution in [-0.4, -0.2) is 15.0 Å². The van der Waals surface area contributed by atoms with Crippen molar-refractivity contribution in [1.29, 1.82) is 0 Å². The Bertz CT molecular complexity index is 808. The summed E-state index contributed by atoms with van der Waals surface area (Å²) in [5.74, 6) is 0.956. The molecule has 0 aliphatic heterocycles. The molecule has 2 N–H and O–H groups in total. The van der Waals surface area contributed by atoms with Crippen LogP contribution in [0.25, 0.3) is 0 Å². The van der Waals surface area contributed by atoms with Crippen LogP contribution in [0.2, 0.25) is 0 Å². The highest BCUT2D eigenvalue weighted by Crippen LogP contribution is 2.13. The molecule has 1 aromatic carbocycles. The average Bonchev–Trinajstić information content (AvgIpc) is 2.60. The molecule has 6 heteroatoms. The van der Waals surface area contributed by atoms with Crippen molar-refractivity contribution in [2.75, 3.05) is 10.6 Å². The summed E-state index contributed by atoms with van der Waals surface area (Å²) in [6.07, 6.45) is 3.49. The van der Waals surface area contributed by atoms with E-state index in [1.807, 2.05) is 31.2 Å². The molecule has 2 heterocycles. The number of halogens is 1. The van der Waals surface area contributed by atoms with Crippen molar-refractivity contribution in [2.24, 2.45) is 0 Å². The molecule has 0 saturated heterocycles. The number of nitrogens with one attached hydrogen (secondary N) is 2. The summed E-state index contributed by atoms with van der Waals surface area (Å²) >= 11 is 0. The Morgan fingerprint density at radius 1 is 0.958 bits per heavy atom. The van der Waals surface area contributed by atoms with Crippen LogP contribution in [0.15, 0.2) is 54.9 Å². The lowest BCUT2D eigenvalue weighted by atomic mass is 10.2. The predicted octanol–water partition coefficient (Wildman–Crippen LogP) is 3.54. The van der Waals surface area contributed by atoms with Crippen molar-refractivity contribution < 1.29 is 4.39 Å². The Labute approximate surface area is 140 Å². The molecule has 24 heavy (non-hydrogen) atoms. The zero-order valence-electron chi connectivity index (χ0n) is 13.3. The van der Waals surface area contributed by atoms with Crippen molar-refractivity contribution in [2.45, 2.75) is 20.0 Å². The van der Waals surface area contributed by atoms with E-state index in [1.165, 1.54) is 6.07 Å². The normalized spacial score (nSPS) is 10.4. The topological polar surface area (TPSA) is 62.7 Å². The van der Waals surface area contributed by atoms with Gasteiger partial charge in [0.15, 0.2) is 0 Å². The van der Waals surface area contributed by atoms with Gasteiger partial charge in [-0.3, -0.25) is 4.98 Å². The first-order valence-electron chi connectivity index (χ1n) is 7.66. The van der Waals surface area contributed by atoms with Crippen molar-refractivity contribution in [3.63, 3.8) is 0 Å². The van der Waals surface area contributed by atoms with E-state index < -0.39 is 0 Å². The summed E-state index contributed by atoms with van der Waals surface area (Å²) in [6, 6.07) is 12.4. The van der Waals surface area contributed by atoms with Gasteiger partial charge in [-0.15, -0.1) is 0 Å². The van der Waals surface area contributed by atoms with Gasteiger partial charge in [0.1, 0.15) is 11.6 Å². The second-order valence-corrected chi connectivity index (χ2v) is 5.37. The third kappa shape index (κ3) is 4.25. The van der Waals surface area contributed by atoms with E-state index in [-0.39, 0.29) is 5.82 Å². The molecule has 2 aromatic heterocycles. The Kier molecular flexibility index (Phi) is 4.96. The standard InChI is InChI=1S/C18H18FN5/c1-13-10-17(21-12-15-4-2-3-5-16(15)19)24-18(23-13)22-11-14-6-8-20-9-7-14/h2-10H,11-12H2,1H3,(H2,21,22,23,24). The Balaban J connectivity index is 1.66. The molecule has 5 nitrogen and oxygen atoms in total. The van der Waals surface area contributed by atoms with Gasteiger partial charge < -0.3 is 10.6 Å². The van der Waals surface area contributed by atoms with E-state index in [1.54, 1.807) is 24.5 Å². The third-order valence-corrected chi connectivity index (χ3v) is 3.47. The zero-order valence-corrected chi connectivity index (χ0v) is 13.3. The van der Waals surface area contributed by atoms with Gasteiger partial charge in [0.2, 0.25) is 5.95 Å². The smallest absolute Gasteiger partial charge is 0.225 e. The molecule has 0 saturated carbocycles. The van der Waals surface area contributed by atoms with E-state index in [2.05, 4.69) is 25.6 Å². The molecule has 0 radical (unpaired) electrons. The quantitative estimate of drug-likeness (QED) is 0.726. The van der Waals surface area contributed by atoms with Crippen LogP contribution in [0.5, 0.6) is 0 Å². The lowest BCUT2D eigenvalue weighted by Gasteiger charge is -2.10. The second kappa shape index (κ2) is 7.50. The molecule has 0 fully saturated rings. The summed E-state index contributed by atoms with van der Waals surface area (Å²) in [6.45, 7) is 2.87. The molecule has 0 aliphatic rings. The number of aromatic nitrogens is 3. The van der Waals surface area contributed by atoms with Gasteiger partial charge in [0, 0.05) is 42.8 Å². The van der Waals surface area contributed by atoms with Gasteiger partial charge in [0.05, 0.1) is 0 Å². The van der Waals surface area contributed by atoms with Crippen molar-refractivity contribution >= 4 is 11.8 Å². The first-order chi connectivity index (χ1) is 11.7. The summed E-state index contributed by atoms with van der Waals surface area (Å²) in [4.78, 5) is 12.8. The van der Waals surface area contributed by atoms with Crippen molar-refractivity contribution in [3.05, 3.63) is 77.5 Å². The van der Waals surface area contributed by atoms with Crippen molar-refractivity contribution in [3.8, 4) is 0 Å². The number of hydrogen-bond acceptors (Lipinski definition) is 5. The van der Waals surface area contributed by atoms with E-state index in [0.29, 0.717) is 30.4 Å². The molecule has 0 atom stereocenters. The van der Waals surface area contributed by atoms with Crippen LogP contribution >= 0.6 is 0 Å². The maximum Gasteiger partial charge on any atom is 0.225 e. The van der Waals surface area contributed by atoms with Gasteiger partial charge >= 0.3 is 0 Å². The molecule has 0 aliphatic carbocycles. The van der Waals surface area contributed by atoms with Crippen molar-refractivity contribution in [1.82, 2.24) is 15.0 Å². The van der Waals surface area contributed by atoms with E-state index in [9.17, 15) is 4.39 Å². The first kappa shape index (κ1) is 15.9. The van der Waals surface area contributed by atoms with Crippen LogP contribution in [0.3, 0.4) is 0 Å². The SMILES string of the molecule is Cc1cc(NCc2ccccc2F)nc(NCc2ccncc2)n1. The number of nitrogens with zero attached hydrogens (tertiary/aromatic N) is 3. The minimum atomic E-state index is -0.230. The van der Waals surface area contributed by atoms with Gasteiger partial charge in [0.25, 0.3) is 0 Å². The number of aryl methyl sites for hydroxylation is 1. The van der Waals surface area contributed by atoms with Gasteiger partial charge in [-0.25, -0.2) is 9.37 Å². The molecule has 122 valence electrons. The minimum Gasteiger partial charge on any atom is -0.366 e.